The third-order valence-corrected chi connectivity index (χ3v) is 4.45. The summed E-state index contributed by atoms with van der Waals surface area (Å²) in [6, 6.07) is 15.2. The Morgan fingerprint density at radius 3 is 2.35 bits per heavy atom. The number of nitriles is 1. The van der Waals surface area contributed by atoms with Crippen LogP contribution in [0.3, 0.4) is 0 Å². The van der Waals surface area contributed by atoms with Crippen molar-refractivity contribution >= 4 is 17.6 Å². The highest BCUT2D eigenvalue weighted by atomic mass is 19.4. The van der Waals surface area contributed by atoms with Crippen LogP contribution in [0.25, 0.3) is 22.4 Å². The van der Waals surface area contributed by atoms with Crippen LogP contribution < -0.4 is 16.2 Å². The molecule has 5 N–H and O–H groups in total. The van der Waals surface area contributed by atoms with E-state index in [9.17, 15) is 17.6 Å². The fourth-order valence-electron chi connectivity index (χ4n) is 2.80. The molecule has 0 radical (unpaired) electrons. The molecule has 37 heavy (non-hydrogen) atoms. The van der Waals surface area contributed by atoms with E-state index in [1.54, 1.807) is 42.5 Å². The topological polar surface area (TPSA) is 174 Å². The van der Waals surface area contributed by atoms with Gasteiger partial charge in [-0.3, -0.25) is 0 Å². The van der Waals surface area contributed by atoms with E-state index in [0.29, 0.717) is 16.9 Å². The van der Waals surface area contributed by atoms with E-state index in [1.165, 1.54) is 18.5 Å². The molecule has 0 atom stereocenters. The molecule has 0 aliphatic heterocycles. The van der Waals surface area contributed by atoms with Gasteiger partial charge >= 0.3 is 18.2 Å². The molecule has 0 amide bonds. The monoisotopic (exact) mass is 513 g/mol. The van der Waals surface area contributed by atoms with Crippen molar-refractivity contribution in [3.05, 3.63) is 72.4 Å². The number of para-hydroxylation sites is 1. The predicted octanol–water partition coefficient (Wildman–Crippen LogP) is 4.20. The van der Waals surface area contributed by atoms with Crippen LogP contribution >= 0.6 is 0 Å². The Bertz CT molecular complexity index is 1490. The largest absolute Gasteiger partial charge is 0.490 e. The van der Waals surface area contributed by atoms with E-state index in [1.807, 2.05) is 6.07 Å². The van der Waals surface area contributed by atoms with Gasteiger partial charge in [0.25, 0.3) is 0 Å². The molecule has 4 rings (SSSR count). The molecule has 10 nitrogen and oxygen atoms in total. The van der Waals surface area contributed by atoms with Gasteiger partial charge in [-0.25, -0.2) is 24.1 Å². The first kappa shape index (κ1) is 26.3. The highest BCUT2D eigenvalue weighted by molar-refractivity contribution is 5.74. The van der Waals surface area contributed by atoms with Gasteiger partial charge in [-0.1, -0.05) is 24.3 Å². The third kappa shape index (κ3) is 6.63. The summed E-state index contributed by atoms with van der Waals surface area (Å²) in [7, 11) is 0. The number of carboxylic acids is 1. The molecule has 4 aromatic rings. The third-order valence-electron chi connectivity index (χ3n) is 4.45. The molecule has 188 valence electrons. The smallest absolute Gasteiger partial charge is 0.475 e. The number of nitrogen functional groups attached to an aromatic ring is 2. The maximum Gasteiger partial charge on any atom is 0.490 e. The number of benzene rings is 2. The standard InChI is InChI=1S/C21H14FN7O.C2HF3O2/c22-15-9-12(5-6-14(15)17-11-27-20(25)16(10-23)28-17)13-3-1-2-4-18(13)30-21-26-8-7-19(24)29-21;3-2(4,5)1(6)7/h1-9,11H,(H2,25,27)(H2,24,26,29);(H,6,7). The number of hydrogen-bond donors (Lipinski definition) is 3. The molecule has 2 aromatic carbocycles. The minimum absolute atomic E-state index is 0.00637. The fraction of sp³-hybridized carbons (Fsp3) is 0.0435. The zero-order valence-electron chi connectivity index (χ0n) is 18.4. The second-order valence-corrected chi connectivity index (χ2v) is 6.96. The molecule has 2 heterocycles. The van der Waals surface area contributed by atoms with Gasteiger partial charge in [0.15, 0.2) is 11.5 Å². The van der Waals surface area contributed by atoms with Crippen molar-refractivity contribution in [3.63, 3.8) is 0 Å². The van der Waals surface area contributed by atoms with Gasteiger partial charge in [-0.05, 0) is 29.8 Å². The summed E-state index contributed by atoms with van der Waals surface area (Å²) in [5.41, 5.74) is 12.8. The summed E-state index contributed by atoms with van der Waals surface area (Å²) in [6.07, 6.45) is -2.28. The quantitative estimate of drug-likeness (QED) is 0.336. The molecule has 0 aliphatic rings. The molecule has 0 fully saturated rings. The van der Waals surface area contributed by atoms with E-state index < -0.39 is 18.0 Å². The van der Waals surface area contributed by atoms with E-state index in [4.69, 9.17) is 31.4 Å². The average Bonchev–Trinajstić information content (AvgIpc) is 2.85. The van der Waals surface area contributed by atoms with Gasteiger partial charge in [-0.2, -0.15) is 23.4 Å². The minimum atomic E-state index is -5.08. The Balaban J connectivity index is 0.000000479. The van der Waals surface area contributed by atoms with Crippen LogP contribution in [0.1, 0.15) is 5.69 Å². The molecule has 14 heteroatoms. The van der Waals surface area contributed by atoms with Crippen LogP contribution in [0, 0.1) is 17.1 Å². The number of ether oxygens (including phenoxy) is 1. The summed E-state index contributed by atoms with van der Waals surface area (Å²) in [5.74, 6) is -2.59. The SMILES string of the molecule is N#Cc1nc(-c2ccc(-c3ccccc3Oc3nccc(N)n3)cc2F)cnc1N.O=C(O)C(F)(F)F. The summed E-state index contributed by atoms with van der Waals surface area (Å²) in [4.78, 5) is 24.9. The van der Waals surface area contributed by atoms with Crippen molar-refractivity contribution in [1.82, 2.24) is 19.9 Å². The first-order chi connectivity index (χ1) is 17.5. The van der Waals surface area contributed by atoms with Crippen LogP contribution in [-0.2, 0) is 4.79 Å². The maximum absolute atomic E-state index is 14.9. The predicted molar refractivity (Wildman–Crippen MR) is 122 cm³/mol. The lowest BCUT2D eigenvalue weighted by molar-refractivity contribution is -0.192. The Hall–Kier alpha value is -5.32. The van der Waals surface area contributed by atoms with Crippen LogP contribution in [0.5, 0.6) is 11.8 Å². The molecular weight excluding hydrogens is 498 g/mol. The second kappa shape index (κ2) is 11.0. The lowest BCUT2D eigenvalue weighted by Gasteiger charge is -2.11. The van der Waals surface area contributed by atoms with Crippen molar-refractivity contribution < 1.29 is 32.2 Å². The van der Waals surface area contributed by atoms with E-state index in [0.717, 1.165) is 0 Å². The van der Waals surface area contributed by atoms with Gasteiger partial charge in [0.05, 0.1) is 11.9 Å². The molecular formula is C23H15F4N7O3. The zero-order valence-corrected chi connectivity index (χ0v) is 18.4. The number of carbonyl (C=O) groups is 1. The Kier molecular flexibility index (Phi) is 7.78. The van der Waals surface area contributed by atoms with Crippen LogP contribution in [0.15, 0.2) is 60.9 Å². The Morgan fingerprint density at radius 1 is 1.03 bits per heavy atom. The number of halogens is 4. The first-order valence-corrected chi connectivity index (χ1v) is 9.98. The highest BCUT2D eigenvalue weighted by Gasteiger charge is 2.38. The molecule has 0 saturated carbocycles. The molecule has 0 unspecified atom stereocenters. The van der Waals surface area contributed by atoms with Crippen LogP contribution in [-0.4, -0.2) is 37.2 Å². The number of aliphatic carboxylic acids is 1. The fourth-order valence-corrected chi connectivity index (χ4v) is 2.80. The number of anilines is 2. The number of nitrogens with two attached hydrogens (primary N) is 2. The number of nitrogens with zero attached hydrogens (tertiary/aromatic N) is 5. The van der Waals surface area contributed by atoms with E-state index >= 15 is 0 Å². The van der Waals surface area contributed by atoms with Crippen molar-refractivity contribution in [2.75, 3.05) is 11.5 Å². The van der Waals surface area contributed by atoms with Crippen molar-refractivity contribution in [3.8, 4) is 40.2 Å². The lowest BCUT2D eigenvalue weighted by atomic mass is 10.0. The normalized spacial score (nSPS) is 10.6. The van der Waals surface area contributed by atoms with E-state index in [-0.39, 0.29) is 34.6 Å². The number of aromatic nitrogens is 4. The molecule has 0 saturated heterocycles. The zero-order chi connectivity index (χ0) is 27.2. The van der Waals surface area contributed by atoms with E-state index in [2.05, 4.69) is 19.9 Å². The van der Waals surface area contributed by atoms with Gasteiger partial charge in [0, 0.05) is 17.3 Å². The molecule has 0 aliphatic carbocycles. The molecule has 0 spiro atoms. The van der Waals surface area contributed by atoms with Gasteiger partial charge < -0.3 is 21.3 Å². The van der Waals surface area contributed by atoms with Crippen LogP contribution in [0.4, 0.5) is 29.2 Å². The van der Waals surface area contributed by atoms with Gasteiger partial charge in [0.1, 0.15) is 23.5 Å². The summed E-state index contributed by atoms with van der Waals surface area (Å²) >= 11 is 0. The Labute approximate surface area is 205 Å². The lowest BCUT2D eigenvalue weighted by Crippen LogP contribution is -2.21. The van der Waals surface area contributed by atoms with Gasteiger partial charge in [0.2, 0.25) is 0 Å². The maximum atomic E-state index is 14.9. The number of rotatable bonds is 4. The van der Waals surface area contributed by atoms with Gasteiger partial charge in [-0.15, -0.1) is 0 Å². The summed E-state index contributed by atoms with van der Waals surface area (Å²) < 4.78 is 52.4. The van der Waals surface area contributed by atoms with Crippen molar-refractivity contribution in [2.24, 2.45) is 0 Å². The molecule has 2 aromatic heterocycles. The highest BCUT2D eigenvalue weighted by Crippen LogP contribution is 2.34. The summed E-state index contributed by atoms with van der Waals surface area (Å²) in [5, 5.41) is 16.2. The Morgan fingerprint density at radius 2 is 1.73 bits per heavy atom. The second-order valence-electron chi connectivity index (χ2n) is 6.96. The van der Waals surface area contributed by atoms with Crippen molar-refractivity contribution in [1.29, 1.82) is 5.26 Å². The number of hydrogen-bond acceptors (Lipinski definition) is 9. The average molecular weight is 513 g/mol. The van der Waals surface area contributed by atoms with Crippen LogP contribution in [0.2, 0.25) is 0 Å². The number of alkyl halides is 3. The summed E-state index contributed by atoms with van der Waals surface area (Å²) in [6.45, 7) is 0. The minimum Gasteiger partial charge on any atom is -0.475 e. The molecule has 0 bridgehead atoms. The number of carboxylic acid groups (broad SMARTS) is 1. The van der Waals surface area contributed by atoms with Crippen molar-refractivity contribution in [2.45, 2.75) is 6.18 Å². The first-order valence-electron chi connectivity index (χ1n) is 9.98.